The van der Waals surface area contributed by atoms with E-state index in [9.17, 15) is 14.4 Å². The van der Waals surface area contributed by atoms with E-state index in [-0.39, 0.29) is 30.9 Å². The number of likely N-dealkylation sites (N-methyl/N-ethyl adjacent to an activating group) is 1. The lowest BCUT2D eigenvalue weighted by molar-refractivity contribution is -0.131. The molecule has 1 saturated heterocycles. The summed E-state index contributed by atoms with van der Waals surface area (Å²) < 4.78 is 0. The summed E-state index contributed by atoms with van der Waals surface area (Å²) in [5, 5.41) is 0.709. The van der Waals surface area contributed by atoms with E-state index in [1.165, 1.54) is 0 Å². The summed E-state index contributed by atoms with van der Waals surface area (Å²) in [6.07, 6.45) is 2.27. The highest BCUT2D eigenvalue weighted by Crippen LogP contribution is 2.29. The normalized spacial score (nSPS) is 13.9. The molecule has 1 aliphatic rings. The molecule has 1 aliphatic heterocycles. The van der Waals surface area contributed by atoms with Crippen molar-refractivity contribution in [2.75, 3.05) is 58.8 Å². The summed E-state index contributed by atoms with van der Waals surface area (Å²) in [6.45, 7) is 2.47. The molecule has 0 aromatic heterocycles. The van der Waals surface area contributed by atoms with Gasteiger partial charge in [-0.3, -0.25) is 14.4 Å². The number of rotatable bonds is 11. The molecule has 3 aromatic rings. The lowest BCUT2D eigenvalue weighted by atomic mass is 9.98. The van der Waals surface area contributed by atoms with E-state index in [1.54, 1.807) is 54.0 Å². The lowest BCUT2D eigenvalue weighted by Crippen LogP contribution is -2.45. The maximum atomic E-state index is 13.7. The number of benzene rings is 3. The molecule has 42 heavy (non-hydrogen) atoms. The molecule has 0 saturated carbocycles. The van der Waals surface area contributed by atoms with Gasteiger partial charge >= 0.3 is 0 Å². The van der Waals surface area contributed by atoms with E-state index in [1.807, 2.05) is 48.5 Å². The third-order valence-corrected chi connectivity index (χ3v) is 8.32. The number of hydrogen-bond acceptors (Lipinski definition) is 5. The van der Waals surface area contributed by atoms with Crippen LogP contribution in [-0.4, -0.2) is 86.3 Å². The van der Waals surface area contributed by atoms with Crippen molar-refractivity contribution in [2.45, 2.75) is 18.9 Å². The molecular formula is C32H37Cl2N5O3. The molecule has 4 rings (SSSR count). The van der Waals surface area contributed by atoms with Crippen LogP contribution >= 0.6 is 23.2 Å². The van der Waals surface area contributed by atoms with Gasteiger partial charge in [0.05, 0.1) is 29.2 Å². The fourth-order valence-electron chi connectivity index (χ4n) is 5.21. The van der Waals surface area contributed by atoms with Gasteiger partial charge in [-0.05, 0) is 73.0 Å². The molecule has 2 N–H and O–H groups in total. The van der Waals surface area contributed by atoms with Crippen LogP contribution < -0.4 is 10.6 Å². The average Bonchev–Trinajstić information content (AvgIpc) is 3.49. The van der Waals surface area contributed by atoms with Crippen LogP contribution in [-0.2, 0) is 9.59 Å². The van der Waals surface area contributed by atoms with Gasteiger partial charge in [0, 0.05) is 38.9 Å². The Hall–Kier alpha value is -3.59. The van der Waals surface area contributed by atoms with Crippen molar-refractivity contribution < 1.29 is 14.4 Å². The Morgan fingerprint density at radius 2 is 1.55 bits per heavy atom. The highest BCUT2D eigenvalue weighted by atomic mass is 35.5. The number of nitrogens with zero attached hydrogens (tertiary/aromatic N) is 4. The molecule has 1 atom stereocenters. The highest BCUT2D eigenvalue weighted by molar-refractivity contribution is 6.42. The summed E-state index contributed by atoms with van der Waals surface area (Å²) in [7, 11) is 5.27. The van der Waals surface area contributed by atoms with E-state index >= 15 is 0 Å². The first-order valence-corrected chi connectivity index (χ1v) is 14.7. The number of amides is 3. The third kappa shape index (κ3) is 7.82. The molecule has 0 bridgehead atoms. The van der Waals surface area contributed by atoms with Gasteiger partial charge in [-0.1, -0.05) is 59.6 Å². The van der Waals surface area contributed by atoms with E-state index in [4.69, 9.17) is 28.9 Å². The topological polar surface area (TPSA) is 90.2 Å². The highest BCUT2D eigenvalue weighted by Gasteiger charge is 2.27. The summed E-state index contributed by atoms with van der Waals surface area (Å²) in [5.41, 5.74) is 9.65. The second kappa shape index (κ2) is 14.1. The van der Waals surface area contributed by atoms with Gasteiger partial charge in [-0.2, -0.15) is 0 Å². The zero-order valence-corrected chi connectivity index (χ0v) is 25.7. The molecule has 0 unspecified atom stereocenters. The first-order valence-electron chi connectivity index (χ1n) is 13.9. The minimum Gasteiger partial charge on any atom is -0.368 e. The van der Waals surface area contributed by atoms with Crippen LogP contribution in [0, 0.1) is 0 Å². The zero-order valence-electron chi connectivity index (χ0n) is 24.2. The first kappa shape index (κ1) is 31.3. The van der Waals surface area contributed by atoms with Gasteiger partial charge in [0.2, 0.25) is 11.8 Å². The quantitative estimate of drug-likeness (QED) is 0.332. The van der Waals surface area contributed by atoms with E-state index in [0.717, 1.165) is 42.6 Å². The summed E-state index contributed by atoms with van der Waals surface area (Å²) in [5.74, 6) is -0.770. The number of carbonyl (C=O) groups excluding carboxylic acids is 3. The molecule has 10 heteroatoms. The standard InChI is InChI=1S/C32H37Cl2N5O3/c1-36(2)32(42)25-8-6-7-24(17-25)22-9-11-23(12-10-22)29(19-38-15-4-5-16-38)37(3)31(41)21-39(20-30(35)40)26-13-14-27(33)28(34)18-26/h6-14,17-18,29H,4-5,15-16,19-21H2,1-3H3,(H2,35,40)/t29-/m0/s1. The van der Waals surface area contributed by atoms with Gasteiger partial charge in [0.25, 0.3) is 5.91 Å². The zero-order chi connectivity index (χ0) is 30.4. The first-order chi connectivity index (χ1) is 20.0. The van der Waals surface area contributed by atoms with Crippen LogP contribution in [0.3, 0.4) is 0 Å². The SMILES string of the molecule is CN(C)C(=O)c1cccc(-c2ccc([C@H](CN3CCCC3)N(C)C(=O)CN(CC(N)=O)c3ccc(Cl)c(Cl)c3)cc2)c1. The van der Waals surface area contributed by atoms with Gasteiger partial charge in [-0.25, -0.2) is 0 Å². The molecular weight excluding hydrogens is 573 g/mol. The number of nitrogens with two attached hydrogens (primary N) is 1. The Labute approximate surface area is 257 Å². The second-order valence-electron chi connectivity index (χ2n) is 10.9. The van der Waals surface area contributed by atoms with Gasteiger partial charge in [0.15, 0.2) is 0 Å². The van der Waals surface area contributed by atoms with Crippen molar-refractivity contribution in [3.8, 4) is 11.1 Å². The lowest BCUT2D eigenvalue weighted by Gasteiger charge is -2.34. The van der Waals surface area contributed by atoms with Crippen LogP contribution in [0.4, 0.5) is 5.69 Å². The molecule has 0 radical (unpaired) electrons. The van der Waals surface area contributed by atoms with Crippen molar-refractivity contribution in [1.29, 1.82) is 0 Å². The number of carbonyl (C=O) groups is 3. The molecule has 1 fully saturated rings. The van der Waals surface area contributed by atoms with Crippen LogP contribution in [0.15, 0.2) is 66.7 Å². The van der Waals surface area contributed by atoms with E-state index in [0.29, 0.717) is 27.8 Å². The van der Waals surface area contributed by atoms with Gasteiger partial charge < -0.3 is 25.3 Å². The Bertz CT molecular complexity index is 1420. The van der Waals surface area contributed by atoms with Crippen molar-refractivity contribution in [2.24, 2.45) is 5.73 Å². The van der Waals surface area contributed by atoms with Crippen LogP contribution in [0.1, 0.15) is 34.8 Å². The van der Waals surface area contributed by atoms with Crippen molar-refractivity contribution in [3.05, 3.63) is 87.9 Å². The fraction of sp³-hybridized carbons (Fsp3) is 0.344. The molecule has 3 aromatic carbocycles. The van der Waals surface area contributed by atoms with Crippen LogP contribution in [0.2, 0.25) is 10.0 Å². The number of anilines is 1. The fourth-order valence-corrected chi connectivity index (χ4v) is 5.50. The summed E-state index contributed by atoms with van der Waals surface area (Å²) in [6, 6.07) is 20.5. The molecule has 0 spiro atoms. The second-order valence-corrected chi connectivity index (χ2v) is 11.7. The number of primary amides is 1. The van der Waals surface area contributed by atoms with Crippen molar-refractivity contribution >= 4 is 46.6 Å². The average molecular weight is 611 g/mol. The predicted molar refractivity (Wildman–Crippen MR) is 169 cm³/mol. The molecule has 222 valence electrons. The Morgan fingerprint density at radius 3 is 2.17 bits per heavy atom. The van der Waals surface area contributed by atoms with Crippen molar-refractivity contribution in [3.63, 3.8) is 0 Å². The molecule has 1 heterocycles. The molecule has 0 aliphatic carbocycles. The Balaban J connectivity index is 1.58. The third-order valence-electron chi connectivity index (χ3n) is 7.58. The van der Waals surface area contributed by atoms with Gasteiger partial charge in [0.1, 0.15) is 0 Å². The maximum Gasteiger partial charge on any atom is 0.253 e. The summed E-state index contributed by atoms with van der Waals surface area (Å²) >= 11 is 12.3. The number of hydrogen-bond donors (Lipinski definition) is 1. The van der Waals surface area contributed by atoms with Gasteiger partial charge in [-0.15, -0.1) is 0 Å². The minimum absolute atomic E-state index is 0.0504. The monoisotopic (exact) mass is 609 g/mol. The van der Waals surface area contributed by atoms with Crippen LogP contribution in [0.5, 0.6) is 0 Å². The summed E-state index contributed by atoms with van der Waals surface area (Å²) in [4.78, 5) is 45.4. The van der Waals surface area contributed by atoms with Crippen LogP contribution in [0.25, 0.3) is 11.1 Å². The maximum absolute atomic E-state index is 13.7. The largest absolute Gasteiger partial charge is 0.368 e. The molecule has 8 nitrogen and oxygen atoms in total. The number of likely N-dealkylation sites (tertiary alicyclic amines) is 1. The predicted octanol–water partition coefficient (Wildman–Crippen LogP) is 4.95. The number of halogens is 2. The van der Waals surface area contributed by atoms with Crippen molar-refractivity contribution in [1.82, 2.24) is 14.7 Å². The van der Waals surface area contributed by atoms with E-state index < -0.39 is 5.91 Å². The van der Waals surface area contributed by atoms with E-state index in [2.05, 4.69) is 4.90 Å². The smallest absolute Gasteiger partial charge is 0.253 e. The molecule has 3 amide bonds. The Morgan fingerprint density at radius 1 is 0.857 bits per heavy atom. The minimum atomic E-state index is -0.558. The Kier molecular flexibility index (Phi) is 10.5.